The van der Waals surface area contributed by atoms with Crippen LogP contribution in [0.3, 0.4) is 0 Å². The third-order valence-electron chi connectivity index (χ3n) is 4.40. The topological polar surface area (TPSA) is 62.7 Å². The first kappa shape index (κ1) is 16.5. The van der Waals surface area contributed by atoms with E-state index in [9.17, 15) is 9.90 Å². The van der Waals surface area contributed by atoms with Gasteiger partial charge in [-0.15, -0.1) is 0 Å². The lowest BCUT2D eigenvalue weighted by molar-refractivity contribution is -0.132. The van der Waals surface area contributed by atoms with Crippen LogP contribution in [0.25, 0.3) is 0 Å². The molecule has 24 heavy (non-hydrogen) atoms. The van der Waals surface area contributed by atoms with Crippen LogP contribution in [0.1, 0.15) is 30.1 Å². The Hall–Kier alpha value is -2.40. The smallest absolute Gasteiger partial charge is 0.223 e. The summed E-state index contributed by atoms with van der Waals surface area (Å²) in [7, 11) is 1.62. The van der Waals surface area contributed by atoms with Gasteiger partial charge >= 0.3 is 0 Å². The molecule has 0 saturated carbocycles. The van der Waals surface area contributed by atoms with Crippen LogP contribution in [0, 0.1) is 0 Å². The Balaban J connectivity index is 1.71. The number of aromatic nitrogens is 1. The van der Waals surface area contributed by atoms with Crippen molar-refractivity contribution < 1.29 is 14.6 Å². The number of benzene rings is 1. The largest absolute Gasteiger partial charge is 0.497 e. The molecule has 0 bridgehead atoms. The van der Waals surface area contributed by atoms with E-state index in [4.69, 9.17) is 4.74 Å². The van der Waals surface area contributed by atoms with Crippen molar-refractivity contribution >= 4 is 5.91 Å². The average Bonchev–Trinajstić information content (AvgIpc) is 3.02. The van der Waals surface area contributed by atoms with Gasteiger partial charge in [-0.1, -0.05) is 18.2 Å². The van der Waals surface area contributed by atoms with E-state index in [-0.39, 0.29) is 11.9 Å². The molecule has 1 aliphatic heterocycles. The molecule has 2 atom stereocenters. The maximum absolute atomic E-state index is 12.7. The number of nitrogens with zero attached hydrogens (tertiary/aromatic N) is 2. The summed E-state index contributed by atoms with van der Waals surface area (Å²) in [6.45, 7) is 0.378. The number of pyridine rings is 1. The summed E-state index contributed by atoms with van der Waals surface area (Å²) in [6, 6.07) is 13.3. The molecule has 5 heteroatoms. The Bertz CT molecular complexity index is 690. The highest BCUT2D eigenvalue weighted by atomic mass is 16.5. The number of rotatable bonds is 5. The monoisotopic (exact) mass is 326 g/mol. The molecule has 2 aromatic rings. The van der Waals surface area contributed by atoms with Crippen molar-refractivity contribution in [3.05, 3.63) is 59.9 Å². The number of aryl methyl sites for hydroxylation is 1. The summed E-state index contributed by atoms with van der Waals surface area (Å²) in [5.74, 6) is 0.805. The minimum atomic E-state index is -0.486. The maximum Gasteiger partial charge on any atom is 0.223 e. The van der Waals surface area contributed by atoms with Gasteiger partial charge in [0.05, 0.1) is 19.3 Å². The fourth-order valence-electron chi connectivity index (χ4n) is 3.18. The van der Waals surface area contributed by atoms with E-state index in [0.717, 1.165) is 17.0 Å². The number of aliphatic hydroxyl groups excluding tert-OH is 1. The zero-order chi connectivity index (χ0) is 16.9. The van der Waals surface area contributed by atoms with Gasteiger partial charge in [0, 0.05) is 24.9 Å². The lowest BCUT2D eigenvalue weighted by Gasteiger charge is -2.25. The number of hydrogen-bond acceptors (Lipinski definition) is 4. The van der Waals surface area contributed by atoms with Gasteiger partial charge in [0.2, 0.25) is 5.91 Å². The van der Waals surface area contributed by atoms with E-state index in [2.05, 4.69) is 4.98 Å². The average molecular weight is 326 g/mol. The fraction of sp³-hybridized carbons (Fsp3) is 0.368. The first-order valence-electron chi connectivity index (χ1n) is 8.19. The van der Waals surface area contributed by atoms with Crippen LogP contribution in [0.5, 0.6) is 5.75 Å². The second-order valence-electron chi connectivity index (χ2n) is 6.05. The quantitative estimate of drug-likeness (QED) is 0.916. The summed E-state index contributed by atoms with van der Waals surface area (Å²) in [5, 5.41) is 10.1. The van der Waals surface area contributed by atoms with Crippen LogP contribution in [-0.4, -0.2) is 40.7 Å². The highest BCUT2D eigenvalue weighted by Crippen LogP contribution is 2.34. The predicted molar refractivity (Wildman–Crippen MR) is 90.6 cm³/mol. The van der Waals surface area contributed by atoms with Crippen molar-refractivity contribution in [2.24, 2.45) is 0 Å². The van der Waals surface area contributed by atoms with Crippen LogP contribution in [-0.2, 0) is 11.2 Å². The van der Waals surface area contributed by atoms with Gasteiger partial charge in [-0.25, -0.2) is 0 Å². The number of methoxy groups -OCH3 is 1. The molecule has 3 rings (SSSR count). The van der Waals surface area contributed by atoms with E-state index in [0.29, 0.717) is 25.8 Å². The Kier molecular flexibility index (Phi) is 5.11. The molecule has 0 spiro atoms. The molecular formula is C19H22N2O3. The van der Waals surface area contributed by atoms with Crippen molar-refractivity contribution in [2.75, 3.05) is 13.7 Å². The Morgan fingerprint density at radius 1 is 1.33 bits per heavy atom. The number of ether oxygens (including phenoxy) is 1. The molecule has 1 amide bonds. The fourth-order valence-corrected chi connectivity index (χ4v) is 3.18. The Morgan fingerprint density at radius 2 is 2.21 bits per heavy atom. The molecule has 1 aromatic heterocycles. The third-order valence-corrected chi connectivity index (χ3v) is 4.40. The predicted octanol–water partition coefficient (Wildman–Crippen LogP) is 2.36. The first-order valence-corrected chi connectivity index (χ1v) is 8.19. The first-order chi connectivity index (χ1) is 11.7. The van der Waals surface area contributed by atoms with E-state index >= 15 is 0 Å². The number of amides is 1. The van der Waals surface area contributed by atoms with Crippen LogP contribution >= 0.6 is 0 Å². The number of aliphatic hydroxyl groups is 1. The molecule has 1 aliphatic rings. The molecule has 1 aromatic carbocycles. The third kappa shape index (κ3) is 3.74. The molecule has 1 fully saturated rings. The van der Waals surface area contributed by atoms with Crippen molar-refractivity contribution in [1.29, 1.82) is 0 Å². The minimum Gasteiger partial charge on any atom is -0.497 e. The van der Waals surface area contributed by atoms with E-state index in [1.54, 1.807) is 18.2 Å². The molecule has 0 aliphatic carbocycles. The zero-order valence-corrected chi connectivity index (χ0v) is 13.8. The van der Waals surface area contributed by atoms with Crippen molar-refractivity contribution in [2.45, 2.75) is 31.4 Å². The summed E-state index contributed by atoms with van der Waals surface area (Å²) in [4.78, 5) is 18.7. The lowest BCUT2D eigenvalue weighted by atomic mass is 10.0. The number of β-amino-alcohol motifs (C(OH)–C–C–N with tert-alkyl or cyclic N) is 1. The van der Waals surface area contributed by atoms with E-state index in [1.807, 2.05) is 42.5 Å². The van der Waals surface area contributed by atoms with Crippen molar-refractivity contribution in [3.63, 3.8) is 0 Å². The SMILES string of the molecule is COc1cccc([C@H]2C[C@H](O)CN2C(=O)CCc2ccccn2)c1. The molecule has 1 saturated heterocycles. The number of carbonyl (C=O) groups is 1. The van der Waals surface area contributed by atoms with E-state index in [1.165, 1.54) is 0 Å². The summed E-state index contributed by atoms with van der Waals surface area (Å²) in [5.41, 5.74) is 1.90. The number of carbonyl (C=O) groups excluding carboxylic acids is 1. The Labute approximate surface area is 141 Å². The summed E-state index contributed by atoms with van der Waals surface area (Å²) < 4.78 is 5.27. The standard InChI is InChI=1S/C19H22N2O3/c1-24-17-7-4-5-14(11-17)18-12-16(22)13-21(18)19(23)9-8-15-6-2-3-10-20-15/h2-7,10-11,16,18,22H,8-9,12-13H2,1H3/t16-,18+/m0/s1. The lowest BCUT2D eigenvalue weighted by Crippen LogP contribution is -2.32. The molecular weight excluding hydrogens is 304 g/mol. The van der Waals surface area contributed by atoms with Gasteiger partial charge in [0.25, 0.3) is 0 Å². The van der Waals surface area contributed by atoms with Crippen molar-refractivity contribution in [1.82, 2.24) is 9.88 Å². The molecule has 0 unspecified atom stereocenters. The van der Waals surface area contributed by atoms with Gasteiger partial charge in [0.15, 0.2) is 0 Å². The number of hydrogen-bond donors (Lipinski definition) is 1. The molecule has 126 valence electrons. The zero-order valence-electron chi connectivity index (χ0n) is 13.8. The van der Waals surface area contributed by atoms with Crippen LogP contribution in [0.2, 0.25) is 0 Å². The van der Waals surface area contributed by atoms with Gasteiger partial charge < -0.3 is 14.7 Å². The van der Waals surface area contributed by atoms with Gasteiger partial charge in [0.1, 0.15) is 5.75 Å². The van der Waals surface area contributed by atoms with Gasteiger partial charge in [-0.05, 0) is 42.7 Å². The summed E-state index contributed by atoms with van der Waals surface area (Å²) >= 11 is 0. The van der Waals surface area contributed by atoms with E-state index < -0.39 is 6.10 Å². The minimum absolute atomic E-state index is 0.0463. The van der Waals surface area contributed by atoms with Gasteiger partial charge in [-0.3, -0.25) is 9.78 Å². The van der Waals surface area contributed by atoms with Crippen LogP contribution in [0.4, 0.5) is 0 Å². The molecule has 0 radical (unpaired) electrons. The normalized spacial score (nSPS) is 20.2. The molecule has 5 nitrogen and oxygen atoms in total. The summed E-state index contributed by atoms with van der Waals surface area (Å²) in [6.07, 6.45) is 2.81. The van der Waals surface area contributed by atoms with Crippen molar-refractivity contribution in [3.8, 4) is 5.75 Å². The van der Waals surface area contributed by atoms with Crippen LogP contribution in [0.15, 0.2) is 48.7 Å². The van der Waals surface area contributed by atoms with Crippen LogP contribution < -0.4 is 4.74 Å². The Morgan fingerprint density at radius 3 is 2.96 bits per heavy atom. The second kappa shape index (κ2) is 7.45. The van der Waals surface area contributed by atoms with Gasteiger partial charge in [-0.2, -0.15) is 0 Å². The molecule has 2 heterocycles. The maximum atomic E-state index is 12.7. The second-order valence-corrected chi connectivity index (χ2v) is 6.05. The molecule has 1 N–H and O–H groups in total. The highest BCUT2D eigenvalue weighted by Gasteiger charge is 2.35. The number of likely N-dealkylation sites (tertiary alicyclic amines) is 1. The highest BCUT2D eigenvalue weighted by molar-refractivity contribution is 5.77.